The number of carbonyl (C=O) groups is 1. The van der Waals surface area contributed by atoms with Gasteiger partial charge in [0.2, 0.25) is 11.1 Å². The van der Waals surface area contributed by atoms with Crippen LogP contribution in [0.25, 0.3) is 0 Å². The molecule has 8 heteroatoms. The molecule has 2 aromatic heterocycles. The van der Waals surface area contributed by atoms with Crippen LogP contribution in [-0.2, 0) is 13.5 Å². The number of amides is 1. The molecule has 108 valence electrons. The summed E-state index contributed by atoms with van der Waals surface area (Å²) in [5, 5.41) is 16.0. The Balaban J connectivity index is 1.88. The first kappa shape index (κ1) is 14.5. The van der Waals surface area contributed by atoms with E-state index in [1.54, 1.807) is 19.4 Å². The van der Waals surface area contributed by atoms with Crippen LogP contribution in [0.5, 0.6) is 0 Å². The maximum absolute atomic E-state index is 11.8. The van der Waals surface area contributed by atoms with E-state index in [1.807, 2.05) is 6.07 Å². The third kappa shape index (κ3) is 3.58. The van der Waals surface area contributed by atoms with Crippen molar-refractivity contribution in [1.29, 1.82) is 0 Å². The molecule has 0 radical (unpaired) electrons. The second-order valence-corrected chi connectivity index (χ2v) is 4.71. The molecule has 7 nitrogen and oxygen atoms in total. The van der Waals surface area contributed by atoms with Crippen molar-refractivity contribution < 1.29 is 14.3 Å². The van der Waals surface area contributed by atoms with Gasteiger partial charge in [-0.1, -0.05) is 0 Å². The van der Waals surface area contributed by atoms with Crippen LogP contribution in [0.2, 0.25) is 5.28 Å². The molecule has 0 spiro atoms. The fourth-order valence-corrected chi connectivity index (χ4v) is 1.81. The van der Waals surface area contributed by atoms with Crippen molar-refractivity contribution in [1.82, 2.24) is 20.1 Å². The molecule has 0 saturated heterocycles. The van der Waals surface area contributed by atoms with Crippen LogP contribution >= 0.6 is 11.6 Å². The fourth-order valence-electron chi connectivity index (χ4n) is 1.69. The molecule has 0 fully saturated rings. The molecule has 0 aliphatic carbocycles. The fraction of sp³-hybridized carbons (Fsp3) is 0.417. The van der Waals surface area contributed by atoms with Gasteiger partial charge in [0.05, 0.1) is 6.26 Å². The SMILES string of the molecule is Cn1nc(C(=O)NCC(CO)Cc2ccco2)nc1Cl. The van der Waals surface area contributed by atoms with Gasteiger partial charge in [-0.05, 0) is 23.7 Å². The highest BCUT2D eigenvalue weighted by Crippen LogP contribution is 2.09. The number of hydrogen-bond donors (Lipinski definition) is 2. The number of aryl methyl sites for hydroxylation is 1. The number of rotatable bonds is 6. The summed E-state index contributed by atoms with van der Waals surface area (Å²) in [5.41, 5.74) is 0. The molecule has 2 aromatic rings. The summed E-state index contributed by atoms with van der Waals surface area (Å²) in [7, 11) is 1.60. The van der Waals surface area contributed by atoms with E-state index in [1.165, 1.54) is 4.68 Å². The minimum Gasteiger partial charge on any atom is -0.469 e. The zero-order valence-electron chi connectivity index (χ0n) is 10.9. The van der Waals surface area contributed by atoms with Gasteiger partial charge < -0.3 is 14.8 Å². The number of carbonyl (C=O) groups excluding carboxylic acids is 1. The van der Waals surface area contributed by atoms with Crippen molar-refractivity contribution >= 4 is 17.5 Å². The first-order valence-corrected chi connectivity index (χ1v) is 6.46. The third-order valence-electron chi connectivity index (χ3n) is 2.79. The van der Waals surface area contributed by atoms with Crippen LogP contribution in [0.3, 0.4) is 0 Å². The molecular formula is C12H15ClN4O3. The molecule has 1 unspecified atom stereocenters. The first-order chi connectivity index (χ1) is 9.60. The summed E-state index contributed by atoms with van der Waals surface area (Å²) in [6.07, 6.45) is 2.11. The van der Waals surface area contributed by atoms with Crippen LogP contribution < -0.4 is 5.32 Å². The standard InChI is InChI=1S/C12H15ClN4O3/c1-17-12(13)15-10(16-17)11(19)14-6-8(7-18)5-9-3-2-4-20-9/h2-4,8,18H,5-7H2,1H3,(H,14,19). The predicted molar refractivity (Wildman–Crippen MR) is 71.3 cm³/mol. The molecule has 2 rings (SSSR count). The summed E-state index contributed by atoms with van der Waals surface area (Å²) in [6.45, 7) is 0.239. The van der Waals surface area contributed by atoms with E-state index in [9.17, 15) is 9.90 Å². The van der Waals surface area contributed by atoms with Gasteiger partial charge in [-0.25, -0.2) is 4.68 Å². The zero-order valence-corrected chi connectivity index (χ0v) is 11.7. The summed E-state index contributed by atoms with van der Waals surface area (Å²) in [5.74, 6) is 0.208. The summed E-state index contributed by atoms with van der Waals surface area (Å²) in [6, 6.07) is 3.60. The zero-order chi connectivity index (χ0) is 14.5. The topological polar surface area (TPSA) is 93.2 Å². The predicted octanol–water partition coefficient (Wildman–Crippen LogP) is 0.642. The Morgan fingerprint density at radius 1 is 1.65 bits per heavy atom. The van der Waals surface area contributed by atoms with Gasteiger partial charge in [-0.15, -0.1) is 5.10 Å². The number of furan rings is 1. The van der Waals surface area contributed by atoms with E-state index in [4.69, 9.17) is 16.0 Å². The second-order valence-electron chi connectivity index (χ2n) is 4.37. The molecule has 1 amide bonds. The van der Waals surface area contributed by atoms with Gasteiger partial charge in [0, 0.05) is 32.5 Å². The van der Waals surface area contributed by atoms with Crippen LogP contribution in [0.4, 0.5) is 0 Å². The Hall–Kier alpha value is -1.86. The number of halogens is 1. The van der Waals surface area contributed by atoms with Crippen molar-refractivity contribution in [2.24, 2.45) is 13.0 Å². The van der Waals surface area contributed by atoms with Gasteiger partial charge in [0.25, 0.3) is 5.91 Å². The summed E-state index contributed by atoms with van der Waals surface area (Å²) >= 11 is 5.72. The molecule has 0 bridgehead atoms. The smallest absolute Gasteiger partial charge is 0.291 e. The second kappa shape index (κ2) is 6.53. The largest absolute Gasteiger partial charge is 0.469 e. The quantitative estimate of drug-likeness (QED) is 0.816. The highest BCUT2D eigenvalue weighted by atomic mass is 35.5. The van der Waals surface area contributed by atoms with Crippen LogP contribution in [-0.4, -0.2) is 38.9 Å². The van der Waals surface area contributed by atoms with Gasteiger partial charge in [0.15, 0.2) is 0 Å². The Morgan fingerprint density at radius 3 is 3.00 bits per heavy atom. The van der Waals surface area contributed by atoms with E-state index in [2.05, 4.69) is 15.4 Å². The molecule has 20 heavy (non-hydrogen) atoms. The minimum absolute atomic E-state index is 0.00666. The van der Waals surface area contributed by atoms with Gasteiger partial charge >= 0.3 is 0 Å². The number of aromatic nitrogens is 3. The van der Waals surface area contributed by atoms with Gasteiger partial charge in [0.1, 0.15) is 5.76 Å². The molecule has 0 aliphatic rings. The van der Waals surface area contributed by atoms with Crippen LogP contribution in [0.1, 0.15) is 16.4 Å². The van der Waals surface area contributed by atoms with E-state index in [0.29, 0.717) is 13.0 Å². The molecule has 0 saturated carbocycles. The number of aliphatic hydroxyl groups excluding tert-OH is 1. The molecule has 0 aromatic carbocycles. The lowest BCUT2D eigenvalue weighted by Gasteiger charge is -2.12. The van der Waals surface area contributed by atoms with Crippen molar-refractivity contribution in [2.45, 2.75) is 6.42 Å². The lowest BCUT2D eigenvalue weighted by molar-refractivity contribution is 0.0928. The number of nitrogens with one attached hydrogen (secondary N) is 1. The van der Waals surface area contributed by atoms with Crippen LogP contribution in [0, 0.1) is 5.92 Å². The number of hydrogen-bond acceptors (Lipinski definition) is 5. The van der Waals surface area contributed by atoms with E-state index in [0.717, 1.165) is 5.76 Å². The first-order valence-electron chi connectivity index (χ1n) is 6.08. The Morgan fingerprint density at radius 2 is 2.45 bits per heavy atom. The highest BCUT2D eigenvalue weighted by Gasteiger charge is 2.16. The van der Waals surface area contributed by atoms with Crippen molar-refractivity contribution in [2.75, 3.05) is 13.2 Å². The average Bonchev–Trinajstić information content (AvgIpc) is 3.05. The Bertz CT molecular complexity index is 548. The molecule has 2 N–H and O–H groups in total. The van der Waals surface area contributed by atoms with Crippen LogP contribution in [0.15, 0.2) is 22.8 Å². The summed E-state index contributed by atoms with van der Waals surface area (Å²) in [4.78, 5) is 15.6. The number of nitrogens with zero attached hydrogens (tertiary/aromatic N) is 3. The van der Waals surface area contributed by atoms with E-state index in [-0.39, 0.29) is 23.6 Å². The van der Waals surface area contributed by atoms with E-state index < -0.39 is 5.91 Å². The lowest BCUT2D eigenvalue weighted by atomic mass is 10.1. The van der Waals surface area contributed by atoms with E-state index >= 15 is 0 Å². The highest BCUT2D eigenvalue weighted by molar-refractivity contribution is 6.28. The van der Waals surface area contributed by atoms with Gasteiger partial charge in [-0.3, -0.25) is 4.79 Å². The lowest BCUT2D eigenvalue weighted by Crippen LogP contribution is -2.32. The summed E-state index contributed by atoms with van der Waals surface area (Å²) < 4.78 is 6.52. The van der Waals surface area contributed by atoms with Gasteiger partial charge in [-0.2, -0.15) is 4.98 Å². The number of aliphatic hydroxyl groups is 1. The normalized spacial score (nSPS) is 12.3. The van der Waals surface area contributed by atoms with Crippen molar-refractivity contribution in [3.05, 3.63) is 35.3 Å². The molecular weight excluding hydrogens is 284 g/mol. The third-order valence-corrected chi connectivity index (χ3v) is 3.12. The Labute approximate surface area is 120 Å². The van der Waals surface area contributed by atoms with Crippen molar-refractivity contribution in [3.8, 4) is 0 Å². The molecule has 0 aliphatic heterocycles. The maximum atomic E-state index is 11.8. The molecule has 2 heterocycles. The van der Waals surface area contributed by atoms with Crippen molar-refractivity contribution in [3.63, 3.8) is 0 Å². The monoisotopic (exact) mass is 298 g/mol. The molecule has 1 atom stereocenters. The average molecular weight is 299 g/mol. The Kier molecular flexibility index (Phi) is 4.75. The maximum Gasteiger partial charge on any atom is 0.291 e. The minimum atomic E-state index is -0.426.